The van der Waals surface area contributed by atoms with E-state index in [0.29, 0.717) is 16.7 Å². The van der Waals surface area contributed by atoms with Crippen molar-refractivity contribution in [2.24, 2.45) is 0 Å². The fourth-order valence-electron chi connectivity index (χ4n) is 2.57. The Hall–Kier alpha value is -1.40. The average Bonchev–Trinajstić information content (AvgIpc) is 3.10. The number of esters is 1. The van der Waals surface area contributed by atoms with Gasteiger partial charge in [-0.05, 0) is 43.4 Å². The number of thiophene rings is 1. The lowest BCUT2D eigenvalue weighted by molar-refractivity contribution is -0.136. The summed E-state index contributed by atoms with van der Waals surface area (Å²) in [5, 5.41) is 6.00. The van der Waals surface area contributed by atoms with E-state index in [0.717, 1.165) is 23.4 Å². The Morgan fingerprint density at radius 3 is 2.85 bits per heavy atom. The molecule has 0 amide bonds. The minimum absolute atomic E-state index is 0.204. The number of nitrogens with one attached hydrogen (secondary N) is 1. The standard InChI is InChI=1S/C14H16N2O2S2/c1-8-11(13(17)18-2)12(10-4-3-7-20-10)15-14(19)16(8)9-5-6-9/h3-4,7,9,12H,5-6H2,1-2H3,(H,15,19)/t12-/m0/s1. The van der Waals surface area contributed by atoms with Crippen molar-refractivity contribution in [3.8, 4) is 0 Å². The molecule has 2 heterocycles. The highest BCUT2D eigenvalue weighted by molar-refractivity contribution is 7.80. The monoisotopic (exact) mass is 308 g/mol. The van der Waals surface area contributed by atoms with Crippen LogP contribution >= 0.6 is 23.6 Å². The first-order valence-electron chi connectivity index (χ1n) is 6.55. The van der Waals surface area contributed by atoms with Gasteiger partial charge in [-0.25, -0.2) is 4.79 Å². The highest BCUT2D eigenvalue weighted by atomic mass is 32.1. The second-order valence-corrected chi connectivity index (χ2v) is 6.36. The molecule has 1 aliphatic carbocycles. The molecule has 1 saturated carbocycles. The zero-order valence-electron chi connectivity index (χ0n) is 11.4. The van der Waals surface area contributed by atoms with Crippen molar-refractivity contribution in [2.45, 2.75) is 31.8 Å². The highest BCUT2D eigenvalue weighted by Gasteiger charge is 2.40. The van der Waals surface area contributed by atoms with Crippen molar-refractivity contribution in [3.05, 3.63) is 33.7 Å². The number of hydrogen-bond acceptors (Lipinski definition) is 4. The summed E-state index contributed by atoms with van der Waals surface area (Å²) in [5.74, 6) is -0.290. The molecule has 0 aromatic carbocycles. The van der Waals surface area contributed by atoms with E-state index in [1.807, 2.05) is 24.4 Å². The summed E-state index contributed by atoms with van der Waals surface area (Å²) < 4.78 is 4.97. The van der Waals surface area contributed by atoms with Crippen LogP contribution in [0.15, 0.2) is 28.8 Å². The Balaban J connectivity index is 2.06. The van der Waals surface area contributed by atoms with Gasteiger partial charge < -0.3 is 15.0 Å². The van der Waals surface area contributed by atoms with E-state index >= 15 is 0 Å². The third-order valence-corrected chi connectivity index (χ3v) is 4.92. The summed E-state index contributed by atoms with van der Waals surface area (Å²) >= 11 is 7.09. The van der Waals surface area contributed by atoms with Gasteiger partial charge in [-0.15, -0.1) is 11.3 Å². The number of nitrogens with zero attached hydrogens (tertiary/aromatic N) is 1. The number of hydrogen-bond donors (Lipinski definition) is 1. The van der Waals surface area contributed by atoms with Gasteiger partial charge in [-0.2, -0.15) is 0 Å². The lowest BCUT2D eigenvalue weighted by Gasteiger charge is -2.37. The molecule has 106 valence electrons. The third kappa shape index (κ3) is 2.23. The van der Waals surface area contributed by atoms with Crippen LogP contribution in [0.1, 0.15) is 30.7 Å². The van der Waals surface area contributed by atoms with Gasteiger partial charge in [0.15, 0.2) is 5.11 Å². The maximum atomic E-state index is 12.2. The summed E-state index contributed by atoms with van der Waals surface area (Å²) in [4.78, 5) is 15.3. The molecule has 0 radical (unpaired) electrons. The van der Waals surface area contributed by atoms with Crippen LogP contribution in [0.2, 0.25) is 0 Å². The van der Waals surface area contributed by atoms with E-state index in [1.165, 1.54) is 7.11 Å². The summed E-state index contributed by atoms with van der Waals surface area (Å²) in [6.45, 7) is 1.96. The van der Waals surface area contributed by atoms with Crippen LogP contribution in [0.5, 0.6) is 0 Å². The second kappa shape index (κ2) is 5.18. The molecule has 1 N–H and O–H groups in total. The van der Waals surface area contributed by atoms with Gasteiger partial charge in [0.2, 0.25) is 0 Å². The maximum Gasteiger partial charge on any atom is 0.338 e. The van der Waals surface area contributed by atoms with Gasteiger partial charge in [0.1, 0.15) is 0 Å². The highest BCUT2D eigenvalue weighted by Crippen LogP contribution is 2.38. The first kappa shape index (κ1) is 13.6. The number of rotatable bonds is 3. The number of carbonyl (C=O) groups excluding carboxylic acids is 1. The molecule has 1 atom stereocenters. The Bertz CT molecular complexity index is 576. The predicted octanol–water partition coefficient (Wildman–Crippen LogP) is 2.59. The Kier molecular flexibility index (Phi) is 3.52. The number of allylic oxidation sites excluding steroid dienone is 1. The predicted molar refractivity (Wildman–Crippen MR) is 82.4 cm³/mol. The maximum absolute atomic E-state index is 12.2. The van der Waals surface area contributed by atoms with Crippen LogP contribution in [0, 0.1) is 0 Å². The van der Waals surface area contributed by atoms with Crippen molar-refractivity contribution in [2.75, 3.05) is 7.11 Å². The first-order valence-corrected chi connectivity index (χ1v) is 7.84. The molecule has 3 rings (SSSR count). The van der Waals surface area contributed by atoms with Crippen molar-refractivity contribution in [1.82, 2.24) is 10.2 Å². The molecule has 1 aromatic rings. The third-order valence-electron chi connectivity index (χ3n) is 3.67. The molecule has 0 unspecified atom stereocenters. The molecular weight excluding hydrogens is 292 g/mol. The minimum Gasteiger partial charge on any atom is -0.466 e. The Morgan fingerprint density at radius 2 is 2.30 bits per heavy atom. The molecule has 1 aliphatic heterocycles. The molecule has 0 bridgehead atoms. The van der Waals surface area contributed by atoms with Crippen molar-refractivity contribution >= 4 is 34.6 Å². The first-order chi connectivity index (χ1) is 9.63. The SMILES string of the molecule is COC(=O)C1=C(C)N(C2CC2)C(=S)N[C@H]1c1cccs1. The lowest BCUT2D eigenvalue weighted by atomic mass is 10.0. The van der Waals surface area contributed by atoms with Crippen LogP contribution in [0.4, 0.5) is 0 Å². The van der Waals surface area contributed by atoms with Crippen LogP contribution in [0.3, 0.4) is 0 Å². The number of thiocarbonyl (C=S) groups is 1. The molecule has 6 heteroatoms. The summed E-state index contributed by atoms with van der Waals surface area (Å²) in [6.07, 6.45) is 2.24. The van der Waals surface area contributed by atoms with Crippen LogP contribution in [-0.2, 0) is 9.53 Å². The van der Waals surface area contributed by atoms with Gasteiger partial charge in [0.05, 0.1) is 18.7 Å². The van der Waals surface area contributed by atoms with E-state index in [2.05, 4.69) is 10.2 Å². The van der Waals surface area contributed by atoms with Gasteiger partial charge in [-0.1, -0.05) is 6.07 Å². The van der Waals surface area contributed by atoms with E-state index < -0.39 is 0 Å². The van der Waals surface area contributed by atoms with E-state index in [1.54, 1.807) is 11.3 Å². The zero-order chi connectivity index (χ0) is 14.3. The van der Waals surface area contributed by atoms with E-state index in [-0.39, 0.29) is 12.0 Å². The van der Waals surface area contributed by atoms with Gasteiger partial charge >= 0.3 is 5.97 Å². The molecule has 0 saturated heterocycles. The fraction of sp³-hybridized carbons (Fsp3) is 0.429. The summed E-state index contributed by atoms with van der Waals surface area (Å²) in [7, 11) is 1.42. The van der Waals surface area contributed by atoms with E-state index in [4.69, 9.17) is 17.0 Å². The molecule has 1 aromatic heterocycles. The molecule has 20 heavy (non-hydrogen) atoms. The van der Waals surface area contributed by atoms with Crippen molar-refractivity contribution in [1.29, 1.82) is 0 Å². The molecular formula is C14H16N2O2S2. The molecule has 1 fully saturated rings. The summed E-state index contributed by atoms with van der Waals surface area (Å²) in [6, 6.07) is 4.21. The Morgan fingerprint density at radius 1 is 1.55 bits per heavy atom. The fourth-order valence-corrected chi connectivity index (χ4v) is 3.76. The minimum atomic E-state index is -0.290. The van der Waals surface area contributed by atoms with Crippen LogP contribution in [-0.4, -0.2) is 29.1 Å². The average molecular weight is 308 g/mol. The van der Waals surface area contributed by atoms with Crippen LogP contribution < -0.4 is 5.32 Å². The normalized spacial score (nSPS) is 22.8. The Labute approximate surface area is 127 Å². The van der Waals surface area contributed by atoms with Gasteiger partial charge in [-0.3, -0.25) is 0 Å². The van der Waals surface area contributed by atoms with Crippen molar-refractivity contribution in [3.63, 3.8) is 0 Å². The topological polar surface area (TPSA) is 41.6 Å². The molecule has 0 spiro atoms. The zero-order valence-corrected chi connectivity index (χ0v) is 13.0. The lowest BCUT2D eigenvalue weighted by Crippen LogP contribution is -2.48. The van der Waals surface area contributed by atoms with E-state index in [9.17, 15) is 4.79 Å². The number of methoxy groups -OCH3 is 1. The summed E-state index contributed by atoms with van der Waals surface area (Å²) in [5.41, 5.74) is 1.58. The number of ether oxygens (including phenoxy) is 1. The largest absolute Gasteiger partial charge is 0.466 e. The van der Waals surface area contributed by atoms with Crippen molar-refractivity contribution < 1.29 is 9.53 Å². The smallest absolute Gasteiger partial charge is 0.338 e. The quantitative estimate of drug-likeness (QED) is 0.686. The second-order valence-electron chi connectivity index (χ2n) is 4.99. The molecule has 4 nitrogen and oxygen atoms in total. The van der Waals surface area contributed by atoms with Gasteiger partial charge in [0, 0.05) is 16.6 Å². The van der Waals surface area contributed by atoms with Gasteiger partial charge in [0.25, 0.3) is 0 Å². The number of carbonyl (C=O) groups is 1. The molecule has 2 aliphatic rings. The van der Waals surface area contributed by atoms with Crippen LogP contribution in [0.25, 0.3) is 0 Å².